The van der Waals surface area contributed by atoms with Crippen molar-refractivity contribution < 1.29 is 4.42 Å². The predicted molar refractivity (Wildman–Crippen MR) is 59.8 cm³/mol. The Bertz CT molecular complexity index is 338. The van der Waals surface area contributed by atoms with Crippen LogP contribution in [0.25, 0.3) is 0 Å². The molecule has 0 aliphatic carbocycles. The third kappa shape index (κ3) is 2.07. The molecular formula is C12H20N2O. The van der Waals surface area contributed by atoms with Crippen LogP contribution in [0.5, 0.6) is 0 Å². The summed E-state index contributed by atoms with van der Waals surface area (Å²) in [4.78, 5) is 6.72. The molecule has 1 aliphatic rings. The van der Waals surface area contributed by atoms with Crippen LogP contribution in [0.3, 0.4) is 0 Å². The first-order valence-electron chi connectivity index (χ1n) is 5.65. The number of rotatable bonds is 1. The van der Waals surface area contributed by atoms with Crippen molar-refractivity contribution in [3.63, 3.8) is 0 Å². The van der Waals surface area contributed by atoms with Gasteiger partial charge in [-0.25, -0.2) is 4.98 Å². The van der Waals surface area contributed by atoms with E-state index in [0.29, 0.717) is 6.04 Å². The summed E-state index contributed by atoms with van der Waals surface area (Å²) in [6.07, 6.45) is 4.29. The van der Waals surface area contributed by atoms with E-state index >= 15 is 0 Å². The third-order valence-corrected chi connectivity index (χ3v) is 3.07. The fraction of sp³-hybridized carbons (Fsp3) is 0.750. The molecule has 3 nitrogen and oxygen atoms in total. The van der Waals surface area contributed by atoms with E-state index in [-0.39, 0.29) is 5.41 Å². The molecule has 84 valence electrons. The van der Waals surface area contributed by atoms with Gasteiger partial charge in [-0.05, 0) is 26.4 Å². The molecule has 1 atom stereocenters. The zero-order valence-electron chi connectivity index (χ0n) is 10.1. The number of oxazole rings is 1. The van der Waals surface area contributed by atoms with E-state index < -0.39 is 0 Å². The normalized spacial score (nSPS) is 23.6. The summed E-state index contributed by atoms with van der Waals surface area (Å²) in [7, 11) is 2.14. The lowest BCUT2D eigenvalue weighted by molar-refractivity contribution is 0.255. The summed E-state index contributed by atoms with van der Waals surface area (Å²) in [5.74, 6) is 1.87. The summed E-state index contributed by atoms with van der Waals surface area (Å²) in [6, 6.07) is 0.390. The van der Waals surface area contributed by atoms with Gasteiger partial charge in [-0.15, -0.1) is 0 Å². The number of hydrogen-bond donors (Lipinski definition) is 0. The highest BCUT2D eigenvalue weighted by Gasteiger charge is 2.28. The molecule has 0 amide bonds. The fourth-order valence-corrected chi connectivity index (χ4v) is 2.01. The first-order valence-corrected chi connectivity index (χ1v) is 5.65. The molecule has 1 aromatic rings. The van der Waals surface area contributed by atoms with Crippen molar-refractivity contribution in [2.45, 2.75) is 45.1 Å². The van der Waals surface area contributed by atoms with E-state index in [1.54, 1.807) is 0 Å². The standard InChI is InChI=1S/C12H20N2O/c1-12(2,3)10-8-13-11(15-10)9-6-5-7-14(9)4/h8-9H,5-7H2,1-4H3/t9-/m0/s1. The Hall–Kier alpha value is -0.830. The number of hydrogen-bond acceptors (Lipinski definition) is 3. The van der Waals surface area contributed by atoms with Gasteiger partial charge >= 0.3 is 0 Å². The molecule has 0 bridgehead atoms. The quantitative estimate of drug-likeness (QED) is 0.710. The molecular weight excluding hydrogens is 188 g/mol. The first kappa shape index (κ1) is 10.7. The molecule has 2 heterocycles. The van der Waals surface area contributed by atoms with E-state index in [1.807, 2.05) is 6.20 Å². The van der Waals surface area contributed by atoms with Crippen molar-refractivity contribution in [1.29, 1.82) is 0 Å². The van der Waals surface area contributed by atoms with Crippen LogP contribution in [-0.4, -0.2) is 23.5 Å². The van der Waals surface area contributed by atoms with Gasteiger partial charge in [0.05, 0.1) is 12.2 Å². The lowest BCUT2D eigenvalue weighted by atomic mass is 9.94. The molecule has 3 heteroatoms. The summed E-state index contributed by atoms with van der Waals surface area (Å²) < 4.78 is 5.85. The van der Waals surface area contributed by atoms with E-state index in [0.717, 1.165) is 18.2 Å². The maximum Gasteiger partial charge on any atom is 0.211 e. The second-order valence-electron chi connectivity index (χ2n) is 5.45. The topological polar surface area (TPSA) is 29.3 Å². The molecule has 2 rings (SSSR count). The van der Waals surface area contributed by atoms with E-state index in [4.69, 9.17) is 4.42 Å². The Labute approximate surface area is 91.5 Å². The van der Waals surface area contributed by atoms with Crippen molar-refractivity contribution in [3.05, 3.63) is 17.8 Å². The molecule has 0 saturated carbocycles. The second kappa shape index (κ2) is 3.63. The number of nitrogens with zero attached hydrogens (tertiary/aromatic N) is 2. The highest BCUT2D eigenvalue weighted by molar-refractivity contribution is 5.08. The first-order chi connectivity index (χ1) is 6.98. The minimum Gasteiger partial charge on any atom is -0.443 e. The van der Waals surface area contributed by atoms with Crippen LogP contribution in [0.4, 0.5) is 0 Å². The molecule has 15 heavy (non-hydrogen) atoms. The largest absolute Gasteiger partial charge is 0.443 e. The van der Waals surface area contributed by atoms with Gasteiger partial charge in [0, 0.05) is 5.41 Å². The van der Waals surface area contributed by atoms with Crippen molar-refractivity contribution in [2.75, 3.05) is 13.6 Å². The Kier molecular flexibility index (Phi) is 2.59. The van der Waals surface area contributed by atoms with Gasteiger partial charge in [0.25, 0.3) is 0 Å². The minimum atomic E-state index is 0.0580. The van der Waals surface area contributed by atoms with Crippen LogP contribution in [0, 0.1) is 0 Å². The van der Waals surface area contributed by atoms with Crippen LogP contribution >= 0.6 is 0 Å². The van der Waals surface area contributed by atoms with Crippen molar-refractivity contribution >= 4 is 0 Å². The van der Waals surface area contributed by atoms with Crippen molar-refractivity contribution in [2.24, 2.45) is 0 Å². The monoisotopic (exact) mass is 208 g/mol. The average Bonchev–Trinajstić information content (AvgIpc) is 2.69. The van der Waals surface area contributed by atoms with E-state index in [1.165, 1.54) is 12.8 Å². The molecule has 0 N–H and O–H groups in total. The van der Waals surface area contributed by atoms with Gasteiger partial charge in [-0.3, -0.25) is 4.90 Å². The Morgan fingerprint density at radius 3 is 2.67 bits per heavy atom. The summed E-state index contributed by atoms with van der Waals surface area (Å²) in [5.41, 5.74) is 0.0580. The van der Waals surface area contributed by atoms with Crippen molar-refractivity contribution in [1.82, 2.24) is 9.88 Å². The molecule has 0 aromatic carbocycles. The highest BCUT2D eigenvalue weighted by Crippen LogP contribution is 2.32. The van der Waals surface area contributed by atoms with E-state index in [2.05, 4.69) is 37.7 Å². The molecule has 0 radical (unpaired) electrons. The van der Waals surface area contributed by atoms with Crippen LogP contribution in [0.2, 0.25) is 0 Å². The molecule has 1 saturated heterocycles. The Balaban J connectivity index is 2.20. The second-order valence-corrected chi connectivity index (χ2v) is 5.45. The van der Waals surface area contributed by atoms with Gasteiger partial charge in [0.15, 0.2) is 0 Å². The zero-order chi connectivity index (χ0) is 11.1. The Morgan fingerprint density at radius 2 is 2.20 bits per heavy atom. The van der Waals surface area contributed by atoms with Gasteiger partial charge < -0.3 is 4.42 Å². The molecule has 1 aromatic heterocycles. The zero-order valence-corrected chi connectivity index (χ0v) is 10.1. The number of aromatic nitrogens is 1. The van der Waals surface area contributed by atoms with Crippen LogP contribution < -0.4 is 0 Å². The maximum absolute atomic E-state index is 5.85. The highest BCUT2D eigenvalue weighted by atomic mass is 16.4. The Morgan fingerprint density at radius 1 is 1.47 bits per heavy atom. The van der Waals surface area contributed by atoms with Gasteiger partial charge in [0.2, 0.25) is 5.89 Å². The summed E-state index contributed by atoms with van der Waals surface area (Å²) in [6.45, 7) is 7.60. The van der Waals surface area contributed by atoms with Crippen LogP contribution in [-0.2, 0) is 5.41 Å². The smallest absolute Gasteiger partial charge is 0.211 e. The molecule has 1 aliphatic heterocycles. The third-order valence-electron chi connectivity index (χ3n) is 3.07. The fourth-order valence-electron chi connectivity index (χ4n) is 2.01. The lowest BCUT2D eigenvalue weighted by Crippen LogP contribution is -2.17. The van der Waals surface area contributed by atoms with Gasteiger partial charge in [-0.2, -0.15) is 0 Å². The minimum absolute atomic E-state index is 0.0580. The lowest BCUT2D eigenvalue weighted by Gasteiger charge is -2.17. The van der Waals surface area contributed by atoms with E-state index in [9.17, 15) is 0 Å². The maximum atomic E-state index is 5.85. The predicted octanol–water partition coefficient (Wildman–Crippen LogP) is 2.74. The summed E-state index contributed by atoms with van der Waals surface area (Å²) >= 11 is 0. The summed E-state index contributed by atoms with van der Waals surface area (Å²) in [5, 5.41) is 0. The van der Waals surface area contributed by atoms with Gasteiger partial charge in [0.1, 0.15) is 5.76 Å². The van der Waals surface area contributed by atoms with Crippen LogP contribution in [0.15, 0.2) is 10.6 Å². The average molecular weight is 208 g/mol. The number of likely N-dealkylation sites (tertiary alicyclic amines) is 1. The molecule has 0 spiro atoms. The molecule has 0 unspecified atom stereocenters. The molecule has 1 fully saturated rings. The van der Waals surface area contributed by atoms with Crippen molar-refractivity contribution in [3.8, 4) is 0 Å². The van der Waals surface area contributed by atoms with Crippen LogP contribution in [0.1, 0.15) is 51.3 Å². The SMILES string of the molecule is CN1CCC[C@H]1c1ncc(C(C)(C)C)o1. The van der Waals surface area contributed by atoms with Gasteiger partial charge in [-0.1, -0.05) is 20.8 Å².